The van der Waals surface area contributed by atoms with Crippen LogP contribution in [0.1, 0.15) is 44.7 Å². The molecule has 3 aromatic heterocycles. The van der Waals surface area contributed by atoms with E-state index < -0.39 is 11.7 Å². The number of nitrogens with one attached hydrogen (secondary N) is 2. The highest BCUT2D eigenvalue weighted by atomic mass is 19.4. The van der Waals surface area contributed by atoms with Crippen molar-refractivity contribution in [1.29, 1.82) is 0 Å². The normalized spacial score (nSPS) is 18.1. The molecule has 0 saturated carbocycles. The Hall–Kier alpha value is -4.19. The molecule has 2 atom stereocenters. The highest BCUT2D eigenvalue weighted by Gasteiger charge is 2.33. The number of benzene rings is 1. The van der Waals surface area contributed by atoms with Gasteiger partial charge in [-0.1, -0.05) is 13.8 Å². The fraction of sp³-hybridized carbons (Fsp3) is 0.400. The van der Waals surface area contributed by atoms with E-state index in [1.165, 1.54) is 6.07 Å². The highest BCUT2D eigenvalue weighted by Crippen LogP contribution is 2.33. The van der Waals surface area contributed by atoms with Crippen molar-refractivity contribution in [3.8, 4) is 11.6 Å². The Morgan fingerprint density at radius 2 is 1.83 bits per heavy atom. The minimum Gasteiger partial charge on any atom is -0.434 e. The zero-order valence-corrected chi connectivity index (χ0v) is 24.2. The summed E-state index contributed by atoms with van der Waals surface area (Å²) in [6.07, 6.45) is -1.99. The number of rotatable bonds is 7. The number of piperazine rings is 1. The molecule has 42 heavy (non-hydrogen) atoms. The molecular formula is C30H34F3N7O2. The molecule has 0 spiro atoms. The van der Waals surface area contributed by atoms with Crippen LogP contribution < -0.4 is 15.5 Å². The number of alkyl halides is 3. The average Bonchev–Trinajstić information content (AvgIpc) is 3.38. The molecule has 5 rings (SSSR count). The van der Waals surface area contributed by atoms with Gasteiger partial charge in [0.05, 0.1) is 24.0 Å². The Labute approximate surface area is 242 Å². The van der Waals surface area contributed by atoms with Crippen molar-refractivity contribution < 1.29 is 22.4 Å². The first-order chi connectivity index (χ1) is 19.9. The molecular weight excluding hydrogens is 547 g/mol. The van der Waals surface area contributed by atoms with Crippen LogP contribution >= 0.6 is 0 Å². The van der Waals surface area contributed by atoms with Crippen LogP contribution in [-0.4, -0.2) is 64.5 Å². The van der Waals surface area contributed by atoms with Gasteiger partial charge in [0.25, 0.3) is 0 Å². The molecule has 0 radical (unpaired) electrons. The van der Waals surface area contributed by atoms with Gasteiger partial charge < -0.3 is 20.0 Å². The molecule has 4 aromatic rings. The maximum Gasteiger partial charge on any atom is 0.417 e. The molecule has 1 amide bonds. The lowest BCUT2D eigenvalue weighted by Gasteiger charge is -2.44. The summed E-state index contributed by atoms with van der Waals surface area (Å²) < 4.78 is 44.8. The van der Waals surface area contributed by atoms with Crippen molar-refractivity contribution in [2.45, 2.75) is 51.9 Å². The Bertz CT molecular complexity index is 1550. The van der Waals surface area contributed by atoms with E-state index in [-0.39, 0.29) is 30.5 Å². The topological polar surface area (TPSA) is 99.4 Å². The van der Waals surface area contributed by atoms with Gasteiger partial charge in [-0.2, -0.15) is 13.2 Å². The van der Waals surface area contributed by atoms with Crippen molar-refractivity contribution in [1.82, 2.24) is 19.9 Å². The summed E-state index contributed by atoms with van der Waals surface area (Å²) in [5, 5.41) is 6.06. The quantitative estimate of drug-likeness (QED) is 0.274. The van der Waals surface area contributed by atoms with Crippen LogP contribution in [0.5, 0.6) is 0 Å². The van der Waals surface area contributed by atoms with Gasteiger partial charge in [-0.15, -0.1) is 0 Å². The second-order valence-electron chi connectivity index (χ2n) is 11.0. The third-order valence-corrected chi connectivity index (χ3v) is 7.53. The largest absolute Gasteiger partial charge is 0.434 e. The molecule has 1 aliphatic heterocycles. The van der Waals surface area contributed by atoms with Crippen molar-refractivity contribution in [2.24, 2.45) is 0 Å². The molecule has 0 aliphatic carbocycles. The third-order valence-electron chi connectivity index (χ3n) is 7.53. The molecule has 1 saturated heterocycles. The van der Waals surface area contributed by atoms with Gasteiger partial charge in [0.15, 0.2) is 5.58 Å². The predicted octanol–water partition coefficient (Wildman–Crippen LogP) is 6.01. The minimum atomic E-state index is -4.43. The number of carbonyl (C=O) groups excluding carboxylic acids is 1. The number of halogens is 3. The van der Waals surface area contributed by atoms with Gasteiger partial charge in [-0.3, -0.25) is 9.69 Å². The average molecular weight is 582 g/mol. The van der Waals surface area contributed by atoms with E-state index in [0.29, 0.717) is 36.2 Å². The zero-order chi connectivity index (χ0) is 30.2. The maximum atomic E-state index is 12.9. The number of hydrogen-bond donors (Lipinski definition) is 2. The SMILES string of the molecule is CNc1cc(C(C)C)c2oc(-c3ccc(NC(=O)CN4CC(C)N(c5ccc(C(F)(F)F)cn5)CC4C)cn3)nc2c1. The fourth-order valence-corrected chi connectivity index (χ4v) is 5.18. The van der Waals surface area contributed by atoms with Gasteiger partial charge in [0.2, 0.25) is 11.8 Å². The smallest absolute Gasteiger partial charge is 0.417 e. The van der Waals surface area contributed by atoms with Crippen LogP contribution in [0.2, 0.25) is 0 Å². The minimum absolute atomic E-state index is 0.0187. The molecule has 2 unspecified atom stereocenters. The predicted molar refractivity (Wildman–Crippen MR) is 157 cm³/mol. The van der Waals surface area contributed by atoms with Crippen LogP contribution in [0.4, 0.5) is 30.4 Å². The molecule has 2 N–H and O–H groups in total. The number of hydrogen-bond acceptors (Lipinski definition) is 8. The summed E-state index contributed by atoms with van der Waals surface area (Å²) in [4.78, 5) is 30.1. The van der Waals surface area contributed by atoms with E-state index in [1.807, 2.05) is 36.8 Å². The van der Waals surface area contributed by atoms with E-state index in [4.69, 9.17) is 4.42 Å². The summed E-state index contributed by atoms with van der Waals surface area (Å²) in [6.45, 7) is 9.40. The molecule has 1 fully saturated rings. The van der Waals surface area contributed by atoms with Crippen LogP contribution in [0.15, 0.2) is 53.2 Å². The van der Waals surface area contributed by atoms with E-state index in [1.54, 1.807) is 18.3 Å². The molecule has 0 bridgehead atoms. The van der Waals surface area contributed by atoms with Crippen LogP contribution in [0.25, 0.3) is 22.7 Å². The number of carbonyl (C=O) groups is 1. The standard InChI is InChI=1S/C30H34F3N7O2/c1-17(2)23-10-22(34-5)11-25-28(23)42-29(38-25)24-8-7-21(13-35-24)37-27(41)16-39-14-19(4)40(15-18(39)3)26-9-6-20(12-36-26)30(31,32)33/h6-13,17-19,34H,14-16H2,1-5H3,(H,37,41). The van der Waals surface area contributed by atoms with Gasteiger partial charge in [0.1, 0.15) is 17.0 Å². The first-order valence-electron chi connectivity index (χ1n) is 13.9. The second kappa shape index (κ2) is 11.6. The van der Waals surface area contributed by atoms with Gasteiger partial charge >= 0.3 is 6.18 Å². The number of pyridine rings is 2. The van der Waals surface area contributed by atoms with Crippen molar-refractivity contribution >= 4 is 34.2 Å². The number of oxazole rings is 1. The van der Waals surface area contributed by atoms with E-state index in [2.05, 4.69) is 45.5 Å². The summed E-state index contributed by atoms with van der Waals surface area (Å²) in [5.41, 5.74) is 3.82. The third kappa shape index (κ3) is 6.18. The first kappa shape index (κ1) is 29.3. The lowest BCUT2D eigenvalue weighted by molar-refractivity contribution is -0.137. The maximum absolute atomic E-state index is 12.9. The number of aromatic nitrogens is 3. The molecule has 1 aromatic carbocycles. The van der Waals surface area contributed by atoms with E-state index in [9.17, 15) is 18.0 Å². The van der Waals surface area contributed by atoms with Crippen molar-refractivity contribution in [2.75, 3.05) is 42.2 Å². The molecule has 12 heteroatoms. The van der Waals surface area contributed by atoms with Gasteiger partial charge in [-0.25, -0.2) is 15.0 Å². The number of amides is 1. The summed E-state index contributed by atoms with van der Waals surface area (Å²) in [7, 11) is 1.86. The Morgan fingerprint density at radius 3 is 2.45 bits per heavy atom. The first-order valence-corrected chi connectivity index (χ1v) is 13.9. The van der Waals surface area contributed by atoms with Gasteiger partial charge in [0, 0.05) is 49.7 Å². The van der Waals surface area contributed by atoms with E-state index >= 15 is 0 Å². The van der Waals surface area contributed by atoms with E-state index in [0.717, 1.165) is 34.6 Å². The molecule has 4 heterocycles. The Balaban J connectivity index is 1.21. The Kier molecular flexibility index (Phi) is 8.09. The number of nitrogens with zero attached hydrogens (tertiary/aromatic N) is 5. The number of fused-ring (bicyclic) bond motifs is 1. The molecule has 1 aliphatic rings. The Morgan fingerprint density at radius 1 is 1.05 bits per heavy atom. The monoisotopic (exact) mass is 581 g/mol. The fourth-order valence-electron chi connectivity index (χ4n) is 5.18. The summed E-state index contributed by atoms with van der Waals surface area (Å²) >= 11 is 0. The molecule has 9 nitrogen and oxygen atoms in total. The lowest BCUT2D eigenvalue weighted by Crippen LogP contribution is -2.58. The van der Waals surface area contributed by atoms with Crippen molar-refractivity contribution in [3.05, 3.63) is 59.9 Å². The van der Waals surface area contributed by atoms with Crippen LogP contribution in [-0.2, 0) is 11.0 Å². The molecule has 222 valence electrons. The van der Waals surface area contributed by atoms with Crippen molar-refractivity contribution in [3.63, 3.8) is 0 Å². The summed E-state index contributed by atoms with van der Waals surface area (Å²) in [6, 6.07) is 9.89. The highest BCUT2D eigenvalue weighted by molar-refractivity contribution is 5.92. The zero-order valence-electron chi connectivity index (χ0n) is 24.2. The lowest BCUT2D eigenvalue weighted by atomic mass is 10.0. The summed E-state index contributed by atoms with van der Waals surface area (Å²) in [5.74, 6) is 0.954. The second-order valence-corrected chi connectivity index (χ2v) is 11.0. The van der Waals surface area contributed by atoms with Crippen LogP contribution in [0, 0.1) is 0 Å². The van der Waals surface area contributed by atoms with Gasteiger partial charge in [-0.05, 0) is 56.2 Å². The van der Waals surface area contributed by atoms with Crippen LogP contribution in [0.3, 0.4) is 0 Å². The number of anilines is 3.